The third kappa shape index (κ3) is 3.04. The number of nitrogens with two attached hydrogens (primary N) is 1. The Morgan fingerprint density at radius 1 is 1.28 bits per heavy atom. The minimum Gasteiger partial charge on any atom is -0.348 e. The Morgan fingerprint density at radius 2 is 1.94 bits per heavy atom. The number of rotatable bonds is 4. The Morgan fingerprint density at radius 3 is 2.44 bits per heavy atom. The van der Waals surface area contributed by atoms with E-state index in [1.54, 1.807) is 11.3 Å². The Kier molecular flexibility index (Phi) is 5.01. The summed E-state index contributed by atoms with van der Waals surface area (Å²) in [6.45, 7) is 2.78. The molecule has 2 N–H and O–H groups in total. The molecule has 1 aromatic rings. The van der Waals surface area contributed by atoms with Crippen molar-refractivity contribution >= 4 is 16.5 Å². The van der Waals surface area contributed by atoms with Crippen LogP contribution in [0.25, 0.3) is 0 Å². The van der Waals surface area contributed by atoms with Crippen molar-refractivity contribution in [3.8, 4) is 0 Å². The number of aryl methyl sites for hydroxylation is 1. The summed E-state index contributed by atoms with van der Waals surface area (Å²) in [6.07, 6.45) is 9.15. The largest absolute Gasteiger partial charge is 0.348 e. The predicted octanol–water partition coefficient (Wildman–Crippen LogP) is 3.32. The number of hydrogen-bond donors (Lipinski definition) is 1. The van der Waals surface area contributed by atoms with Crippen molar-refractivity contribution in [1.29, 1.82) is 0 Å². The van der Waals surface area contributed by atoms with Crippen molar-refractivity contribution in [2.24, 2.45) is 5.73 Å². The van der Waals surface area contributed by atoms with Gasteiger partial charge in [-0.3, -0.25) is 0 Å². The van der Waals surface area contributed by atoms with Crippen LogP contribution in [-0.4, -0.2) is 18.1 Å². The zero-order chi connectivity index (χ0) is 13.0. The number of thiazole rings is 1. The van der Waals surface area contributed by atoms with Gasteiger partial charge in [-0.1, -0.05) is 32.6 Å². The van der Waals surface area contributed by atoms with Crippen molar-refractivity contribution in [2.45, 2.75) is 64.5 Å². The Hall–Kier alpha value is -0.610. The van der Waals surface area contributed by atoms with Crippen molar-refractivity contribution < 1.29 is 0 Å². The van der Waals surface area contributed by atoms with E-state index in [0.29, 0.717) is 12.6 Å². The minimum absolute atomic E-state index is 0.624. The quantitative estimate of drug-likeness (QED) is 0.851. The Labute approximate surface area is 114 Å². The van der Waals surface area contributed by atoms with Crippen molar-refractivity contribution in [2.75, 3.05) is 11.9 Å². The van der Waals surface area contributed by atoms with Crippen molar-refractivity contribution in [1.82, 2.24) is 4.98 Å². The molecule has 0 amide bonds. The molecule has 0 spiro atoms. The van der Waals surface area contributed by atoms with Crippen LogP contribution in [0, 0.1) is 0 Å². The van der Waals surface area contributed by atoms with Crippen LogP contribution in [0.15, 0.2) is 0 Å². The fraction of sp³-hybridized carbons (Fsp3) is 0.786. The summed E-state index contributed by atoms with van der Waals surface area (Å²) < 4.78 is 0. The van der Waals surface area contributed by atoms with Gasteiger partial charge >= 0.3 is 0 Å². The first kappa shape index (κ1) is 13.8. The molecule has 0 aliphatic heterocycles. The highest BCUT2D eigenvalue weighted by Gasteiger charge is 2.20. The first-order chi connectivity index (χ1) is 8.76. The molecule has 0 aromatic carbocycles. The van der Waals surface area contributed by atoms with Gasteiger partial charge in [-0.05, 0) is 19.3 Å². The van der Waals surface area contributed by atoms with Crippen LogP contribution >= 0.6 is 11.3 Å². The first-order valence-corrected chi connectivity index (χ1v) is 7.99. The third-order valence-electron chi connectivity index (χ3n) is 3.96. The highest BCUT2D eigenvalue weighted by atomic mass is 32.1. The van der Waals surface area contributed by atoms with Gasteiger partial charge in [0.2, 0.25) is 0 Å². The van der Waals surface area contributed by atoms with Gasteiger partial charge in [-0.15, -0.1) is 11.3 Å². The number of anilines is 1. The normalized spacial score (nSPS) is 17.7. The fourth-order valence-electron chi connectivity index (χ4n) is 2.76. The standard InChI is InChI=1S/C14H25N3S/c1-3-12-13(10-15)18-14(16-12)17(2)11-8-6-4-5-7-9-11/h11H,3-10,15H2,1-2H3. The molecule has 0 radical (unpaired) electrons. The molecule has 0 unspecified atom stereocenters. The average Bonchev–Trinajstić information content (AvgIpc) is 2.63. The fourth-order valence-corrected chi connectivity index (χ4v) is 3.82. The molecule has 0 saturated heterocycles. The second-order valence-corrected chi connectivity index (χ2v) is 6.24. The second-order valence-electron chi connectivity index (χ2n) is 5.18. The molecule has 3 nitrogen and oxygen atoms in total. The van der Waals surface area contributed by atoms with Gasteiger partial charge in [0.15, 0.2) is 5.13 Å². The van der Waals surface area contributed by atoms with Crippen LogP contribution in [0.3, 0.4) is 0 Å². The highest BCUT2D eigenvalue weighted by molar-refractivity contribution is 7.15. The van der Waals surface area contributed by atoms with Crippen molar-refractivity contribution in [3.63, 3.8) is 0 Å². The van der Waals surface area contributed by atoms with Crippen LogP contribution in [0.2, 0.25) is 0 Å². The van der Waals surface area contributed by atoms with Crippen LogP contribution in [0.4, 0.5) is 5.13 Å². The lowest BCUT2D eigenvalue weighted by Crippen LogP contribution is -2.30. The summed E-state index contributed by atoms with van der Waals surface area (Å²) in [7, 11) is 2.20. The summed E-state index contributed by atoms with van der Waals surface area (Å²) in [5, 5.41) is 1.17. The summed E-state index contributed by atoms with van der Waals surface area (Å²) >= 11 is 1.78. The SMILES string of the molecule is CCc1nc(N(C)C2CCCCCC2)sc1CN. The lowest BCUT2D eigenvalue weighted by atomic mass is 10.1. The van der Waals surface area contributed by atoms with Crippen LogP contribution in [-0.2, 0) is 13.0 Å². The molecule has 0 bridgehead atoms. The van der Waals surface area contributed by atoms with E-state index in [2.05, 4.69) is 18.9 Å². The first-order valence-electron chi connectivity index (χ1n) is 7.17. The highest BCUT2D eigenvalue weighted by Crippen LogP contribution is 2.30. The molecule has 1 fully saturated rings. The van der Waals surface area contributed by atoms with E-state index < -0.39 is 0 Å². The summed E-state index contributed by atoms with van der Waals surface area (Å²) in [5.74, 6) is 0. The average molecular weight is 267 g/mol. The summed E-state index contributed by atoms with van der Waals surface area (Å²) in [5.41, 5.74) is 6.99. The van der Waals surface area contributed by atoms with E-state index in [-0.39, 0.29) is 0 Å². The molecule has 4 heteroatoms. The molecule has 0 atom stereocenters. The third-order valence-corrected chi connectivity index (χ3v) is 5.17. The molecule has 102 valence electrons. The van der Waals surface area contributed by atoms with Gasteiger partial charge in [-0.2, -0.15) is 0 Å². The molecule has 1 saturated carbocycles. The van der Waals surface area contributed by atoms with Gasteiger partial charge in [0.1, 0.15) is 0 Å². The maximum absolute atomic E-state index is 5.80. The molecular formula is C14H25N3S. The zero-order valence-corrected chi connectivity index (χ0v) is 12.4. The predicted molar refractivity (Wildman–Crippen MR) is 79.3 cm³/mol. The van der Waals surface area contributed by atoms with Gasteiger partial charge in [0, 0.05) is 24.5 Å². The van der Waals surface area contributed by atoms with Gasteiger partial charge in [0.25, 0.3) is 0 Å². The van der Waals surface area contributed by atoms with E-state index >= 15 is 0 Å². The summed E-state index contributed by atoms with van der Waals surface area (Å²) in [6, 6.07) is 0.675. The zero-order valence-electron chi connectivity index (χ0n) is 11.6. The molecule has 1 heterocycles. The molecule has 1 aliphatic carbocycles. The summed E-state index contributed by atoms with van der Waals surface area (Å²) in [4.78, 5) is 8.42. The maximum Gasteiger partial charge on any atom is 0.185 e. The number of hydrogen-bond acceptors (Lipinski definition) is 4. The van der Waals surface area contributed by atoms with E-state index in [1.165, 1.54) is 54.2 Å². The molecule has 1 aromatic heterocycles. The van der Waals surface area contributed by atoms with Gasteiger partial charge in [-0.25, -0.2) is 4.98 Å². The Bertz CT molecular complexity index is 346. The topological polar surface area (TPSA) is 42.2 Å². The molecule has 2 rings (SSSR count). The van der Waals surface area contributed by atoms with Gasteiger partial charge in [0.05, 0.1) is 5.69 Å². The van der Waals surface area contributed by atoms with Gasteiger partial charge < -0.3 is 10.6 Å². The van der Waals surface area contributed by atoms with Crippen molar-refractivity contribution in [3.05, 3.63) is 10.6 Å². The molecular weight excluding hydrogens is 242 g/mol. The lowest BCUT2D eigenvalue weighted by Gasteiger charge is -2.26. The van der Waals surface area contributed by atoms with Crippen LogP contribution in [0.1, 0.15) is 56.0 Å². The number of aromatic nitrogens is 1. The van der Waals surface area contributed by atoms with E-state index in [9.17, 15) is 0 Å². The minimum atomic E-state index is 0.624. The van der Waals surface area contributed by atoms with E-state index in [0.717, 1.165) is 6.42 Å². The monoisotopic (exact) mass is 267 g/mol. The maximum atomic E-state index is 5.80. The van der Waals surface area contributed by atoms with E-state index in [1.807, 2.05) is 0 Å². The smallest absolute Gasteiger partial charge is 0.185 e. The molecule has 1 aliphatic rings. The number of nitrogens with zero attached hydrogens (tertiary/aromatic N) is 2. The van der Waals surface area contributed by atoms with E-state index in [4.69, 9.17) is 10.7 Å². The van der Waals surface area contributed by atoms with Crippen LogP contribution < -0.4 is 10.6 Å². The Balaban J connectivity index is 2.11. The van der Waals surface area contributed by atoms with Crippen LogP contribution in [0.5, 0.6) is 0 Å². The second kappa shape index (κ2) is 6.53. The lowest BCUT2D eigenvalue weighted by molar-refractivity contribution is 0.552. The molecule has 18 heavy (non-hydrogen) atoms.